The van der Waals surface area contributed by atoms with Gasteiger partial charge in [0.25, 0.3) is 0 Å². The number of carbonyl (C=O) groups is 1. The molecule has 2 aromatic carbocycles. The van der Waals surface area contributed by atoms with Crippen molar-refractivity contribution in [3.05, 3.63) is 70.2 Å². The number of amidine groups is 1. The number of benzene rings is 2. The molecule has 1 amide bonds. The average Bonchev–Trinajstić information content (AvgIpc) is 3.61. The highest BCUT2D eigenvalue weighted by molar-refractivity contribution is 6.30. The fourth-order valence-corrected chi connectivity index (χ4v) is 3.10. The van der Waals surface area contributed by atoms with Crippen molar-refractivity contribution in [2.75, 3.05) is 19.8 Å². The van der Waals surface area contributed by atoms with Gasteiger partial charge in [0.05, 0.1) is 12.6 Å². The van der Waals surface area contributed by atoms with Crippen molar-refractivity contribution in [1.82, 2.24) is 10.3 Å². The second-order valence-corrected chi connectivity index (χ2v) is 8.10. The molecule has 0 radical (unpaired) electrons. The third kappa shape index (κ3) is 9.14. The first-order valence-electron chi connectivity index (χ1n) is 9.99. The zero-order chi connectivity index (χ0) is 22.6. The molecule has 1 aliphatic heterocycles. The van der Waals surface area contributed by atoms with Crippen molar-refractivity contribution in [2.45, 2.75) is 25.8 Å². The summed E-state index contributed by atoms with van der Waals surface area (Å²) in [5.74, 6) is 10.9. The van der Waals surface area contributed by atoms with Crippen LogP contribution in [0.1, 0.15) is 31.4 Å². The van der Waals surface area contributed by atoms with E-state index in [4.69, 9.17) is 39.6 Å². The van der Waals surface area contributed by atoms with Crippen molar-refractivity contribution in [1.29, 1.82) is 0 Å². The molecule has 0 aromatic heterocycles. The van der Waals surface area contributed by atoms with E-state index in [0.717, 1.165) is 22.2 Å². The first-order chi connectivity index (χ1) is 14.9. The highest BCUT2D eigenvalue weighted by Gasteiger charge is 2.34. The maximum Gasteiger partial charge on any atom is 0.249 e. The van der Waals surface area contributed by atoms with Crippen molar-refractivity contribution in [2.24, 2.45) is 22.7 Å². The number of ether oxygens (including phenoxy) is 1. The number of hydrogen-bond acceptors (Lipinski definition) is 5. The average molecular weight is 466 g/mol. The molecular weight excluding hydrogens is 437 g/mol. The SMILES string of the molecule is C/C(=N/N)NN.Clc1ccccc1.O=C1COCC(c2ccc(Cl)cc2)N1CC1CC1. The fraction of sp³-hybridized carbons (Fsp3) is 0.364. The normalized spacial score (nSPS) is 18.3. The predicted molar refractivity (Wildman–Crippen MR) is 126 cm³/mol. The van der Waals surface area contributed by atoms with E-state index in [2.05, 4.69) is 10.5 Å². The first kappa shape index (κ1) is 24.9. The number of morpholine rings is 1. The molecule has 9 heteroatoms. The third-order valence-corrected chi connectivity index (χ3v) is 5.24. The highest BCUT2D eigenvalue weighted by Crippen LogP contribution is 2.34. The fourth-order valence-electron chi connectivity index (χ4n) is 2.83. The zero-order valence-electron chi connectivity index (χ0n) is 17.5. The van der Waals surface area contributed by atoms with E-state index in [9.17, 15) is 4.79 Å². The molecule has 1 atom stereocenters. The molecule has 1 saturated heterocycles. The Balaban J connectivity index is 0.000000217. The van der Waals surface area contributed by atoms with Crippen LogP contribution in [-0.4, -0.2) is 36.4 Å². The summed E-state index contributed by atoms with van der Waals surface area (Å²) in [5, 5.41) is 4.70. The molecule has 2 fully saturated rings. The third-order valence-electron chi connectivity index (χ3n) is 4.74. The summed E-state index contributed by atoms with van der Waals surface area (Å²) in [6.07, 6.45) is 2.50. The van der Waals surface area contributed by atoms with Gasteiger partial charge in [-0.1, -0.05) is 53.5 Å². The smallest absolute Gasteiger partial charge is 0.249 e. The van der Waals surface area contributed by atoms with Crippen LogP contribution < -0.4 is 17.1 Å². The number of carbonyl (C=O) groups excluding carboxylic acids is 1. The summed E-state index contributed by atoms with van der Waals surface area (Å²) in [5.41, 5.74) is 3.34. The Bertz CT molecular complexity index is 830. The Morgan fingerprint density at radius 3 is 2.19 bits per heavy atom. The number of amides is 1. The molecule has 5 N–H and O–H groups in total. The number of hydrogen-bond donors (Lipinski definition) is 3. The van der Waals surface area contributed by atoms with E-state index in [-0.39, 0.29) is 18.6 Å². The minimum atomic E-state index is 0.0455. The highest BCUT2D eigenvalue weighted by atomic mass is 35.5. The van der Waals surface area contributed by atoms with Gasteiger partial charge >= 0.3 is 0 Å². The summed E-state index contributed by atoms with van der Waals surface area (Å²) in [6, 6.07) is 17.2. The largest absolute Gasteiger partial charge is 0.369 e. The van der Waals surface area contributed by atoms with Crippen LogP contribution >= 0.6 is 23.2 Å². The van der Waals surface area contributed by atoms with Gasteiger partial charge < -0.3 is 20.9 Å². The summed E-state index contributed by atoms with van der Waals surface area (Å²) < 4.78 is 5.39. The van der Waals surface area contributed by atoms with Crippen LogP contribution in [0.5, 0.6) is 0 Å². The number of hydrazone groups is 1. The zero-order valence-corrected chi connectivity index (χ0v) is 19.0. The van der Waals surface area contributed by atoms with Crippen molar-refractivity contribution in [3.8, 4) is 0 Å². The molecule has 31 heavy (non-hydrogen) atoms. The molecule has 1 saturated carbocycles. The van der Waals surface area contributed by atoms with Gasteiger partial charge in [-0.05, 0) is 55.5 Å². The lowest BCUT2D eigenvalue weighted by molar-refractivity contribution is -0.148. The Kier molecular flexibility index (Phi) is 10.6. The summed E-state index contributed by atoms with van der Waals surface area (Å²) >= 11 is 11.4. The molecule has 1 heterocycles. The maximum atomic E-state index is 12.0. The van der Waals surface area contributed by atoms with E-state index >= 15 is 0 Å². The second-order valence-electron chi connectivity index (χ2n) is 7.23. The number of nitrogens with zero attached hydrogens (tertiary/aromatic N) is 2. The van der Waals surface area contributed by atoms with E-state index in [1.54, 1.807) is 6.92 Å². The monoisotopic (exact) mass is 465 g/mol. The van der Waals surface area contributed by atoms with E-state index < -0.39 is 0 Å². The van der Waals surface area contributed by atoms with E-state index in [1.165, 1.54) is 12.8 Å². The standard InChI is InChI=1S/C14H16ClNO2.C6H5Cl.C2H8N4/c15-12-5-3-11(4-6-12)13-8-18-9-14(17)16(13)7-10-1-2-10;7-6-4-2-1-3-5-6;1-2(5-3)6-4/h3-6,10,13H,1-2,7-9H2;1-5H;3-4H2,1H3,(H,5,6). The molecule has 1 unspecified atom stereocenters. The van der Waals surface area contributed by atoms with Gasteiger partial charge in [0.2, 0.25) is 5.91 Å². The van der Waals surface area contributed by atoms with Crippen molar-refractivity contribution in [3.63, 3.8) is 0 Å². The van der Waals surface area contributed by atoms with Crippen LogP contribution in [0.15, 0.2) is 59.7 Å². The van der Waals surface area contributed by atoms with Crippen LogP contribution in [0.4, 0.5) is 0 Å². The van der Waals surface area contributed by atoms with Gasteiger partial charge in [-0.2, -0.15) is 5.10 Å². The van der Waals surface area contributed by atoms with Crippen LogP contribution in [-0.2, 0) is 9.53 Å². The predicted octanol–water partition coefficient (Wildman–Crippen LogP) is 3.73. The maximum absolute atomic E-state index is 12.0. The summed E-state index contributed by atoms with van der Waals surface area (Å²) in [6.45, 7) is 3.34. The number of nitrogens with two attached hydrogens (primary N) is 2. The van der Waals surface area contributed by atoms with Crippen LogP contribution in [0.25, 0.3) is 0 Å². The minimum Gasteiger partial charge on any atom is -0.369 e. The van der Waals surface area contributed by atoms with E-state index in [1.807, 2.05) is 59.5 Å². The Labute approximate surface area is 193 Å². The Morgan fingerprint density at radius 2 is 1.74 bits per heavy atom. The summed E-state index contributed by atoms with van der Waals surface area (Å²) in [4.78, 5) is 14.0. The lowest BCUT2D eigenvalue weighted by Crippen LogP contribution is -2.45. The topological polar surface area (TPSA) is 106 Å². The number of nitrogens with one attached hydrogen (secondary N) is 1. The first-order valence-corrected chi connectivity index (χ1v) is 10.7. The number of halogens is 2. The molecule has 7 nitrogen and oxygen atoms in total. The second kappa shape index (κ2) is 13.2. The molecule has 168 valence electrons. The Hall–Kier alpha value is -2.32. The molecule has 2 aromatic rings. The van der Waals surface area contributed by atoms with Gasteiger partial charge in [-0.25, -0.2) is 5.84 Å². The minimum absolute atomic E-state index is 0.0455. The molecule has 2 aliphatic rings. The number of hydrazine groups is 1. The van der Waals surface area contributed by atoms with Crippen LogP contribution in [0.2, 0.25) is 10.0 Å². The van der Waals surface area contributed by atoms with Crippen molar-refractivity contribution < 1.29 is 9.53 Å². The van der Waals surface area contributed by atoms with Gasteiger partial charge in [-0.3, -0.25) is 4.79 Å². The molecule has 1 aliphatic carbocycles. The molecular formula is C22H29Cl2N5O2. The molecule has 4 rings (SSSR count). The Morgan fingerprint density at radius 1 is 1.13 bits per heavy atom. The lowest BCUT2D eigenvalue weighted by Gasteiger charge is -2.36. The van der Waals surface area contributed by atoms with Gasteiger partial charge in [0.1, 0.15) is 12.4 Å². The van der Waals surface area contributed by atoms with Crippen LogP contribution in [0.3, 0.4) is 0 Å². The molecule has 0 spiro atoms. The van der Waals surface area contributed by atoms with Crippen molar-refractivity contribution >= 4 is 34.9 Å². The quantitative estimate of drug-likeness (QED) is 0.277. The van der Waals surface area contributed by atoms with Gasteiger partial charge in [0, 0.05) is 16.6 Å². The number of rotatable bonds is 3. The van der Waals surface area contributed by atoms with E-state index in [0.29, 0.717) is 18.4 Å². The summed E-state index contributed by atoms with van der Waals surface area (Å²) in [7, 11) is 0. The molecule has 0 bridgehead atoms. The lowest BCUT2D eigenvalue weighted by atomic mass is 10.0. The van der Waals surface area contributed by atoms with Crippen LogP contribution in [0, 0.1) is 5.92 Å². The van der Waals surface area contributed by atoms with Gasteiger partial charge in [0.15, 0.2) is 0 Å². The van der Waals surface area contributed by atoms with Gasteiger partial charge in [-0.15, -0.1) is 0 Å².